The van der Waals surface area contributed by atoms with Crippen molar-refractivity contribution < 1.29 is 9.53 Å². The number of benzene rings is 2. The van der Waals surface area contributed by atoms with Crippen molar-refractivity contribution in [1.82, 2.24) is 9.97 Å². The van der Waals surface area contributed by atoms with Gasteiger partial charge in [-0.2, -0.15) is 0 Å². The Hall–Kier alpha value is -3.41. The number of aromatic nitrogens is 2. The number of aryl methyl sites for hydroxylation is 1. The molecule has 4 rings (SSSR count). The fourth-order valence-corrected chi connectivity index (χ4v) is 3.38. The lowest BCUT2D eigenvalue weighted by atomic mass is 10.2. The first kappa shape index (κ1) is 18.0. The maximum absolute atomic E-state index is 12.7. The van der Waals surface area contributed by atoms with Gasteiger partial charge in [-0.05, 0) is 56.2 Å². The summed E-state index contributed by atoms with van der Waals surface area (Å²) in [5.41, 5.74) is 3.47. The van der Waals surface area contributed by atoms with Crippen LogP contribution in [0, 0.1) is 6.92 Å². The summed E-state index contributed by atoms with van der Waals surface area (Å²) in [6.07, 6.45) is 0.965. The van der Waals surface area contributed by atoms with Crippen LogP contribution in [0.5, 0.6) is 5.75 Å². The lowest BCUT2D eigenvalue weighted by molar-refractivity contribution is 0.102. The number of nitrogens with zero attached hydrogens (tertiary/aromatic N) is 3. The lowest BCUT2D eigenvalue weighted by Gasteiger charge is -2.19. The van der Waals surface area contributed by atoms with E-state index >= 15 is 0 Å². The van der Waals surface area contributed by atoms with Gasteiger partial charge in [-0.25, -0.2) is 9.97 Å². The number of amides is 1. The molecule has 1 aliphatic heterocycles. The Labute approximate surface area is 164 Å². The molecule has 0 radical (unpaired) electrons. The maximum Gasteiger partial charge on any atom is 0.274 e. The third-order valence-corrected chi connectivity index (χ3v) is 4.64. The zero-order valence-electron chi connectivity index (χ0n) is 16.0. The van der Waals surface area contributed by atoms with E-state index in [9.17, 15) is 4.79 Å². The predicted octanol–water partition coefficient (Wildman–Crippen LogP) is 4.13. The molecule has 6 heteroatoms. The Morgan fingerprint density at radius 3 is 2.71 bits per heavy atom. The first-order valence-corrected chi connectivity index (χ1v) is 9.39. The summed E-state index contributed by atoms with van der Waals surface area (Å²) in [5.74, 6) is 1.82. The Morgan fingerprint density at radius 2 is 1.93 bits per heavy atom. The summed E-state index contributed by atoms with van der Waals surface area (Å²) < 4.78 is 5.43. The zero-order valence-corrected chi connectivity index (χ0v) is 16.0. The molecule has 0 aliphatic carbocycles. The molecule has 1 aliphatic rings. The van der Waals surface area contributed by atoms with Gasteiger partial charge in [-0.3, -0.25) is 4.79 Å². The lowest BCUT2D eigenvalue weighted by Crippen LogP contribution is -2.19. The molecule has 28 heavy (non-hydrogen) atoms. The molecule has 0 spiro atoms. The van der Waals surface area contributed by atoms with E-state index in [0.29, 0.717) is 23.8 Å². The number of carbonyl (C=O) groups excluding carboxylic acids is 1. The SMILES string of the molecule is CCOc1ccc(NC(=O)c2cc(N3CCc4ccccc43)nc(C)n2)cc1. The first-order chi connectivity index (χ1) is 13.6. The van der Waals surface area contributed by atoms with E-state index in [1.807, 2.05) is 43.3 Å². The third kappa shape index (κ3) is 3.67. The van der Waals surface area contributed by atoms with E-state index in [4.69, 9.17) is 4.74 Å². The topological polar surface area (TPSA) is 67.3 Å². The largest absolute Gasteiger partial charge is 0.494 e. The molecular weight excluding hydrogens is 352 g/mol. The van der Waals surface area contributed by atoms with Crippen LogP contribution >= 0.6 is 0 Å². The van der Waals surface area contributed by atoms with Crippen LogP contribution in [0.3, 0.4) is 0 Å². The zero-order chi connectivity index (χ0) is 19.5. The van der Waals surface area contributed by atoms with Gasteiger partial charge >= 0.3 is 0 Å². The third-order valence-electron chi connectivity index (χ3n) is 4.64. The van der Waals surface area contributed by atoms with Crippen LogP contribution in [0.1, 0.15) is 28.8 Å². The summed E-state index contributed by atoms with van der Waals surface area (Å²) in [4.78, 5) is 23.8. The minimum absolute atomic E-state index is 0.261. The van der Waals surface area contributed by atoms with E-state index in [-0.39, 0.29) is 5.91 Å². The van der Waals surface area contributed by atoms with Crippen LogP contribution in [0.15, 0.2) is 54.6 Å². The quantitative estimate of drug-likeness (QED) is 0.727. The predicted molar refractivity (Wildman–Crippen MR) is 109 cm³/mol. The summed E-state index contributed by atoms with van der Waals surface area (Å²) in [7, 11) is 0. The average Bonchev–Trinajstić information content (AvgIpc) is 3.13. The second kappa shape index (κ2) is 7.68. The number of carbonyl (C=O) groups is 1. The van der Waals surface area contributed by atoms with E-state index in [0.717, 1.165) is 30.2 Å². The van der Waals surface area contributed by atoms with Crippen LogP contribution in [-0.4, -0.2) is 29.0 Å². The minimum Gasteiger partial charge on any atom is -0.494 e. The summed E-state index contributed by atoms with van der Waals surface area (Å²) >= 11 is 0. The molecule has 0 saturated carbocycles. The molecule has 0 unspecified atom stereocenters. The van der Waals surface area contributed by atoms with Gasteiger partial charge in [0.2, 0.25) is 0 Å². The maximum atomic E-state index is 12.7. The number of nitrogens with one attached hydrogen (secondary N) is 1. The molecule has 0 saturated heterocycles. The second-order valence-corrected chi connectivity index (χ2v) is 6.60. The smallest absolute Gasteiger partial charge is 0.274 e. The summed E-state index contributed by atoms with van der Waals surface area (Å²) in [6.45, 7) is 5.19. The molecule has 0 bridgehead atoms. The van der Waals surface area contributed by atoms with Crippen LogP contribution in [0.2, 0.25) is 0 Å². The van der Waals surface area contributed by atoms with Gasteiger partial charge in [0.1, 0.15) is 23.1 Å². The van der Waals surface area contributed by atoms with Crippen molar-refractivity contribution in [2.75, 3.05) is 23.4 Å². The highest BCUT2D eigenvalue weighted by molar-refractivity contribution is 6.03. The first-order valence-electron chi connectivity index (χ1n) is 9.39. The fraction of sp³-hybridized carbons (Fsp3) is 0.227. The van der Waals surface area contributed by atoms with Crippen molar-refractivity contribution in [2.45, 2.75) is 20.3 Å². The highest BCUT2D eigenvalue weighted by atomic mass is 16.5. The van der Waals surface area contributed by atoms with Gasteiger partial charge in [0.05, 0.1) is 6.61 Å². The van der Waals surface area contributed by atoms with Gasteiger partial charge in [0, 0.05) is 24.0 Å². The Balaban J connectivity index is 1.56. The van der Waals surface area contributed by atoms with Crippen LogP contribution in [0.25, 0.3) is 0 Å². The highest BCUT2D eigenvalue weighted by Crippen LogP contribution is 2.33. The minimum atomic E-state index is -0.261. The number of anilines is 3. The number of fused-ring (bicyclic) bond motifs is 1. The van der Waals surface area contributed by atoms with E-state index < -0.39 is 0 Å². The monoisotopic (exact) mass is 374 g/mol. The molecule has 1 N–H and O–H groups in total. The van der Waals surface area contributed by atoms with Gasteiger partial charge in [-0.15, -0.1) is 0 Å². The van der Waals surface area contributed by atoms with Crippen molar-refractivity contribution >= 4 is 23.1 Å². The van der Waals surface area contributed by atoms with Gasteiger partial charge in [0.25, 0.3) is 5.91 Å². The molecule has 0 fully saturated rings. The van der Waals surface area contributed by atoms with Crippen molar-refractivity contribution in [3.63, 3.8) is 0 Å². The Morgan fingerprint density at radius 1 is 1.14 bits per heavy atom. The van der Waals surface area contributed by atoms with Crippen LogP contribution in [0.4, 0.5) is 17.2 Å². The normalized spacial score (nSPS) is 12.6. The van der Waals surface area contributed by atoms with Gasteiger partial charge in [0.15, 0.2) is 0 Å². The standard InChI is InChI=1S/C22H22N4O2/c1-3-28-18-10-8-17(9-11-18)25-22(27)19-14-21(24-15(2)23-19)26-13-12-16-6-4-5-7-20(16)26/h4-11,14H,3,12-13H2,1-2H3,(H,25,27). The van der Waals surface area contributed by atoms with Crippen LogP contribution in [-0.2, 0) is 6.42 Å². The molecular formula is C22H22N4O2. The number of hydrogen-bond donors (Lipinski definition) is 1. The molecule has 142 valence electrons. The molecule has 2 aromatic carbocycles. The Kier molecular flexibility index (Phi) is 4.93. The number of para-hydroxylation sites is 1. The Bertz CT molecular complexity index is 1000. The van der Waals surface area contributed by atoms with Gasteiger partial charge in [-0.1, -0.05) is 18.2 Å². The number of rotatable bonds is 5. The highest BCUT2D eigenvalue weighted by Gasteiger charge is 2.22. The van der Waals surface area contributed by atoms with Crippen molar-refractivity contribution in [2.24, 2.45) is 0 Å². The molecule has 0 atom stereocenters. The van der Waals surface area contributed by atoms with Crippen molar-refractivity contribution in [3.05, 3.63) is 71.7 Å². The van der Waals surface area contributed by atoms with E-state index in [1.165, 1.54) is 5.56 Å². The van der Waals surface area contributed by atoms with E-state index in [1.54, 1.807) is 13.0 Å². The molecule has 2 heterocycles. The van der Waals surface area contributed by atoms with Gasteiger partial charge < -0.3 is 15.0 Å². The van der Waals surface area contributed by atoms with Crippen molar-refractivity contribution in [3.8, 4) is 5.75 Å². The van der Waals surface area contributed by atoms with E-state index in [2.05, 4.69) is 32.3 Å². The molecule has 1 amide bonds. The summed E-state index contributed by atoms with van der Waals surface area (Å²) in [6, 6.07) is 17.3. The van der Waals surface area contributed by atoms with Crippen molar-refractivity contribution in [1.29, 1.82) is 0 Å². The number of hydrogen-bond acceptors (Lipinski definition) is 5. The van der Waals surface area contributed by atoms with Crippen LogP contribution < -0.4 is 15.0 Å². The molecule has 3 aromatic rings. The second-order valence-electron chi connectivity index (χ2n) is 6.60. The summed E-state index contributed by atoms with van der Waals surface area (Å²) in [5, 5.41) is 2.89. The average molecular weight is 374 g/mol. The number of ether oxygens (including phenoxy) is 1. The molecule has 6 nitrogen and oxygen atoms in total. The fourth-order valence-electron chi connectivity index (χ4n) is 3.38. The molecule has 1 aromatic heterocycles.